The number of nitrogens with one attached hydrogen (secondary N) is 3. The van der Waals surface area contributed by atoms with Crippen molar-refractivity contribution in [1.29, 1.82) is 0 Å². The lowest BCUT2D eigenvalue weighted by atomic mass is 9.76. The number of hydrogen-bond donors (Lipinski definition) is 3. The zero-order valence-electron chi connectivity index (χ0n) is 21.2. The zero-order valence-corrected chi connectivity index (χ0v) is 22.0. The molecular formula is C30H23ClN4O5. The fourth-order valence-corrected chi connectivity index (χ4v) is 6.74. The molecule has 0 radical (unpaired) electrons. The van der Waals surface area contributed by atoms with Gasteiger partial charge in [-0.3, -0.25) is 24.5 Å². The summed E-state index contributed by atoms with van der Waals surface area (Å²) < 4.78 is 5.11. The van der Waals surface area contributed by atoms with Crippen molar-refractivity contribution >= 4 is 57.6 Å². The van der Waals surface area contributed by atoms with Crippen LogP contribution in [0.4, 0.5) is 11.4 Å². The van der Waals surface area contributed by atoms with Crippen molar-refractivity contribution in [2.75, 3.05) is 10.2 Å². The first-order valence-corrected chi connectivity index (χ1v) is 13.3. The second-order valence-corrected chi connectivity index (χ2v) is 10.8. The molecular weight excluding hydrogens is 532 g/mol. The van der Waals surface area contributed by atoms with Gasteiger partial charge in [-0.2, -0.15) is 0 Å². The molecule has 40 heavy (non-hydrogen) atoms. The fourth-order valence-electron chi connectivity index (χ4n) is 6.57. The molecule has 0 bridgehead atoms. The van der Waals surface area contributed by atoms with Gasteiger partial charge in [0.1, 0.15) is 11.3 Å². The lowest BCUT2D eigenvalue weighted by Crippen LogP contribution is -2.53. The summed E-state index contributed by atoms with van der Waals surface area (Å²) in [5, 5.41) is 7.78. The average Bonchev–Trinajstić information content (AvgIpc) is 3.64. The highest BCUT2D eigenvalue weighted by molar-refractivity contribution is 6.31. The molecule has 4 aromatic rings. The van der Waals surface area contributed by atoms with Crippen LogP contribution in [-0.4, -0.2) is 34.7 Å². The molecule has 4 atom stereocenters. The van der Waals surface area contributed by atoms with Gasteiger partial charge in [0.15, 0.2) is 0 Å². The Balaban J connectivity index is 1.34. The largest absolute Gasteiger partial charge is 0.427 e. The number of ether oxygens (including phenoxy) is 1. The summed E-state index contributed by atoms with van der Waals surface area (Å²) in [4.78, 5) is 57.8. The first kappa shape index (κ1) is 24.6. The number of aromatic amines is 1. The summed E-state index contributed by atoms with van der Waals surface area (Å²) in [7, 11) is 0. The van der Waals surface area contributed by atoms with Gasteiger partial charge in [0.25, 0.3) is 0 Å². The van der Waals surface area contributed by atoms with E-state index in [0.29, 0.717) is 34.1 Å². The van der Waals surface area contributed by atoms with Crippen molar-refractivity contribution in [3.8, 4) is 5.75 Å². The maximum absolute atomic E-state index is 14.2. The van der Waals surface area contributed by atoms with Crippen molar-refractivity contribution in [3.63, 3.8) is 0 Å². The first-order chi connectivity index (χ1) is 19.3. The topological polar surface area (TPSA) is 121 Å². The van der Waals surface area contributed by atoms with Gasteiger partial charge in [-0.05, 0) is 60.5 Å². The molecule has 0 aliphatic carbocycles. The molecule has 1 spiro atoms. The highest BCUT2D eigenvalue weighted by atomic mass is 35.5. The van der Waals surface area contributed by atoms with Crippen molar-refractivity contribution in [2.45, 2.75) is 24.9 Å². The predicted molar refractivity (Wildman–Crippen MR) is 148 cm³/mol. The second-order valence-electron chi connectivity index (χ2n) is 10.4. The molecule has 0 saturated carbocycles. The van der Waals surface area contributed by atoms with Gasteiger partial charge >= 0.3 is 5.97 Å². The van der Waals surface area contributed by atoms with Crippen LogP contribution in [0.2, 0.25) is 5.02 Å². The fraction of sp³-hybridized carbons (Fsp3) is 0.200. The van der Waals surface area contributed by atoms with E-state index in [9.17, 15) is 19.2 Å². The molecule has 1 aromatic heterocycles. The highest BCUT2D eigenvalue weighted by Gasteiger charge is 2.70. The highest BCUT2D eigenvalue weighted by Crippen LogP contribution is 2.54. The van der Waals surface area contributed by atoms with Gasteiger partial charge in [-0.25, -0.2) is 4.90 Å². The molecule has 3 aliphatic rings. The number of fused-ring (bicyclic) bond motifs is 5. The number of hydrogen-bond acceptors (Lipinski definition) is 6. The third kappa shape index (κ3) is 3.44. The van der Waals surface area contributed by atoms with Crippen LogP contribution in [0.1, 0.15) is 18.1 Å². The smallest absolute Gasteiger partial charge is 0.308 e. The lowest BCUT2D eigenvalue weighted by Gasteiger charge is -2.29. The zero-order chi connectivity index (χ0) is 27.8. The SMILES string of the molecule is CC(=O)Oc1ccc(N2C(=O)[C@H]3[C@@H](C2=O)[C@@]2(N[C@@H]3Cc3c[nH]c4ccccc34)C(=O)Nc3ccc(Cl)cc32)cc1. The van der Waals surface area contributed by atoms with Crippen molar-refractivity contribution < 1.29 is 23.9 Å². The number of aromatic nitrogens is 1. The number of amides is 3. The third-order valence-corrected chi connectivity index (χ3v) is 8.38. The van der Waals surface area contributed by atoms with E-state index < -0.39 is 47.1 Å². The van der Waals surface area contributed by atoms with Gasteiger partial charge in [0.2, 0.25) is 17.7 Å². The number of carbonyl (C=O) groups is 4. The molecule has 4 heterocycles. The van der Waals surface area contributed by atoms with E-state index in [1.165, 1.54) is 19.1 Å². The number of halogens is 1. The Morgan fingerprint density at radius 3 is 2.58 bits per heavy atom. The Kier molecular flexibility index (Phi) is 5.39. The van der Waals surface area contributed by atoms with E-state index in [2.05, 4.69) is 15.6 Å². The number of nitrogens with zero attached hydrogens (tertiary/aromatic N) is 1. The maximum atomic E-state index is 14.2. The third-order valence-electron chi connectivity index (χ3n) is 8.15. The Morgan fingerprint density at radius 1 is 1.02 bits per heavy atom. The predicted octanol–water partition coefficient (Wildman–Crippen LogP) is 3.91. The Morgan fingerprint density at radius 2 is 1.80 bits per heavy atom. The molecule has 3 aromatic carbocycles. The van der Waals surface area contributed by atoms with E-state index in [1.54, 1.807) is 30.3 Å². The van der Waals surface area contributed by atoms with Crippen LogP contribution in [0.3, 0.4) is 0 Å². The first-order valence-electron chi connectivity index (χ1n) is 12.9. The van der Waals surface area contributed by atoms with E-state index in [-0.39, 0.29) is 0 Å². The van der Waals surface area contributed by atoms with Crippen molar-refractivity contribution in [3.05, 3.63) is 89.1 Å². The van der Waals surface area contributed by atoms with Crippen LogP contribution in [0, 0.1) is 11.8 Å². The summed E-state index contributed by atoms with van der Waals surface area (Å²) in [5.74, 6) is -3.26. The molecule has 3 aliphatic heterocycles. The van der Waals surface area contributed by atoms with Gasteiger partial charge in [0.05, 0.1) is 17.5 Å². The number of anilines is 2. The second kappa shape index (κ2) is 8.77. The van der Waals surface area contributed by atoms with Crippen LogP contribution in [0.25, 0.3) is 10.9 Å². The Hall–Kier alpha value is -4.47. The number of H-pyrrole nitrogens is 1. The Bertz CT molecular complexity index is 1750. The molecule has 9 nitrogen and oxygen atoms in total. The number of esters is 1. The summed E-state index contributed by atoms with van der Waals surface area (Å²) in [6.45, 7) is 1.29. The minimum absolute atomic E-state index is 0.296. The summed E-state index contributed by atoms with van der Waals surface area (Å²) in [6.07, 6.45) is 2.31. The van der Waals surface area contributed by atoms with E-state index in [4.69, 9.17) is 16.3 Å². The van der Waals surface area contributed by atoms with Gasteiger partial charge < -0.3 is 15.0 Å². The molecule has 2 fully saturated rings. The van der Waals surface area contributed by atoms with Gasteiger partial charge in [0, 0.05) is 46.3 Å². The van der Waals surface area contributed by atoms with E-state index in [0.717, 1.165) is 21.4 Å². The molecule has 200 valence electrons. The van der Waals surface area contributed by atoms with Crippen molar-refractivity contribution in [1.82, 2.24) is 10.3 Å². The van der Waals surface area contributed by atoms with Crippen molar-refractivity contribution in [2.24, 2.45) is 11.8 Å². The summed E-state index contributed by atoms with van der Waals surface area (Å²) in [6, 6.07) is 18.6. The average molecular weight is 555 g/mol. The number of imide groups is 1. The van der Waals surface area contributed by atoms with E-state index in [1.807, 2.05) is 30.5 Å². The lowest BCUT2D eigenvalue weighted by molar-refractivity contribution is -0.132. The van der Waals surface area contributed by atoms with Crippen LogP contribution in [0.5, 0.6) is 5.75 Å². The normalized spacial score (nSPS) is 25.0. The quantitative estimate of drug-likeness (QED) is 0.200. The number of rotatable bonds is 4. The van der Waals surface area contributed by atoms with Crippen LogP contribution < -0.4 is 20.3 Å². The molecule has 3 N–H and O–H groups in total. The number of para-hydroxylation sites is 1. The molecule has 10 heteroatoms. The van der Waals surface area contributed by atoms with Gasteiger partial charge in [-0.15, -0.1) is 0 Å². The van der Waals surface area contributed by atoms with Crippen LogP contribution >= 0.6 is 11.6 Å². The molecule has 7 rings (SSSR count). The minimum atomic E-state index is -1.47. The standard InChI is InChI=1S/C30H23ClN4O5/c1-15(36)40-19-9-7-18(8-10-19)35-27(37)25-24(12-16-14-32-22-5-3-2-4-20(16)22)34-30(26(25)28(35)38)21-13-17(31)6-11-23(21)33-29(30)39/h2-11,13-14,24-26,32,34H,12H2,1H3,(H,33,39)/t24-,25-,26+,30-/m1/s1. The maximum Gasteiger partial charge on any atom is 0.308 e. The monoisotopic (exact) mass is 554 g/mol. The van der Waals surface area contributed by atoms with E-state index >= 15 is 0 Å². The molecule has 2 saturated heterocycles. The van der Waals surface area contributed by atoms with Crippen LogP contribution in [-0.2, 0) is 31.1 Å². The summed E-state index contributed by atoms with van der Waals surface area (Å²) >= 11 is 6.36. The molecule has 0 unspecified atom stereocenters. The van der Waals surface area contributed by atoms with Crippen LogP contribution in [0.15, 0.2) is 72.9 Å². The molecule has 3 amide bonds. The van der Waals surface area contributed by atoms with Gasteiger partial charge in [-0.1, -0.05) is 29.8 Å². The summed E-state index contributed by atoms with van der Waals surface area (Å²) in [5.41, 5.74) is 1.90. The minimum Gasteiger partial charge on any atom is -0.427 e. The number of benzene rings is 3. The number of carbonyl (C=O) groups excluding carboxylic acids is 4. The Labute approximate surface area is 233 Å².